The summed E-state index contributed by atoms with van der Waals surface area (Å²) in [4.78, 5) is 0. The van der Waals surface area contributed by atoms with Crippen LogP contribution in [0.4, 0.5) is 0 Å². The van der Waals surface area contributed by atoms with Gasteiger partial charge in [0.1, 0.15) is 11.8 Å². The standard InChI is InChI=1S/C27H41N3O/c1-3-31-18-19-4-7-23-20(16-19)5-8-25-24(23)10-13-27(2)21(6-9-26(25)27)12-15-30-22(17-28)11-14-29-30/h11,14,19-21,23-26H,3-10,12-13,15-16,18H2,1-2H3/t19-,20+,21+,23-,24?,25+,26?,27+/m0/s1. The van der Waals surface area contributed by atoms with Crippen LogP contribution in [0.2, 0.25) is 0 Å². The molecule has 4 fully saturated rings. The second kappa shape index (κ2) is 8.89. The Labute approximate surface area is 188 Å². The van der Waals surface area contributed by atoms with E-state index in [9.17, 15) is 5.26 Å². The lowest BCUT2D eigenvalue weighted by Gasteiger charge is -2.56. The largest absolute Gasteiger partial charge is 0.381 e. The smallest absolute Gasteiger partial charge is 0.138 e. The predicted molar refractivity (Wildman–Crippen MR) is 122 cm³/mol. The van der Waals surface area contributed by atoms with Gasteiger partial charge in [-0.15, -0.1) is 0 Å². The summed E-state index contributed by atoms with van der Waals surface area (Å²) in [5, 5.41) is 13.7. The molecule has 4 aliphatic rings. The second-order valence-electron chi connectivity index (χ2n) is 11.4. The van der Waals surface area contributed by atoms with Gasteiger partial charge < -0.3 is 4.74 Å². The van der Waals surface area contributed by atoms with Crippen LogP contribution in [0.3, 0.4) is 0 Å². The third-order valence-corrected chi connectivity index (χ3v) is 10.3. The molecule has 5 rings (SSSR count). The van der Waals surface area contributed by atoms with E-state index in [1.54, 1.807) is 6.20 Å². The number of rotatable bonds is 6. The molecule has 0 N–H and O–H groups in total. The Morgan fingerprint density at radius 3 is 2.84 bits per heavy atom. The average molecular weight is 424 g/mol. The van der Waals surface area contributed by atoms with Gasteiger partial charge in [0.2, 0.25) is 0 Å². The first-order valence-corrected chi connectivity index (χ1v) is 13.1. The van der Waals surface area contributed by atoms with Crippen molar-refractivity contribution in [1.29, 1.82) is 5.26 Å². The predicted octanol–water partition coefficient (Wildman–Crippen LogP) is 6.07. The monoisotopic (exact) mass is 423 g/mol. The molecule has 0 amide bonds. The molecule has 0 spiro atoms. The van der Waals surface area contributed by atoms with E-state index in [1.807, 2.05) is 10.7 Å². The van der Waals surface area contributed by atoms with E-state index < -0.39 is 0 Å². The third kappa shape index (κ3) is 3.86. The van der Waals surface area contributed by atoms with Gasteiger partial charge in [-0.2, -0.15) is 10.4 Å². The van der Waals surface area contributed by atoms with Crippen molar-refractivity contribution in [2.24, 2.45) is 46.8 Å². The van der Waals surface area contributed by atoms with Crippen molar-refractivity contribution < 1.29 is 4.74 Å². The van der Waals surface area contributed by atoms with E-state index >= 15 is 0 Å². The number of fused-ring (bicyclic) bond motifs is 5. The number of aromatic nitrogens is 2. The summed E-state index contributed by atoms with van der Waals surface area (Å²) in [5.41, 5.74) is 1.22. The lowest BCUT2D eigenvalue weighted by molar-refractivity contribution is -0.0737. The summed E-state index contributed by atoms with van der Waals surface area (Å²) < 4.78 is 7.71. The van der Waals surface area contributed by atoms with E-state index in [2.05, 4.69) is 25.0 Å². The normalized spacial score (nSPS) is 41.8. The van der Waals surface area contributed by atoms with Gasteiger partial charge in [-0.3, -0.25) is 4.68 Å². The highest BCUT2D eigenvalue weighted by atomic mass is 16.5. The van der Waals surface area contributed by atoms with E-state index in [0.717, 1.165) is 61.2 Å². The molecule has 1 aromatic heterocycles. The first kappa shape index (κ1) is 21.5. The highest BCUT2D eigenvalue weighted by molar-refractivity contribution is 5.18. The summed E-state index contributed by atoms with van der Waals surface area (Å²) in [6, 6.07) is 4.13. The molecule has 4 aliphatic carbocycles. The maximum atomic E-state index is 9.30. The molecule has 2 unspecified atom stereocenters. The lowest BCUT2D eigenvalue weighted by atomic mass is 9.49. The van der Waals surface area contributed by atoms with Crippen LogP contribution in [0.5, 0.6) is 0 Å². The molecular formula is C27H41N3O. The lowest BCUT2D eigenvalue weighted by Crippen LogP contribution is -2.48. The van der Waals surface area contributed by atoms with Gasteiger partial charge in [0.25, 0.3) is 0 Å². The highest BCUT2D eigenvalue weighted by Gasteiger charge is 2.56. The zero-order chi connectivity index (χ0) is 21.4. The van der Waals surface area contributed by atoms with Crippen molar-refractivity contribution in [3.05, 3.63) is 18.0 Å². The van der Waals surface area contributed by atoms with Crippen LogP contribution in [-0.4, -0.2) is 23.0 Å². The van der Waals surface area contributed by atoms with Gasteiger partial charge >= 0.3 is 0 Å². The Bertz CT molecular complexity index is 797. The fourth-order valence-corrected chi connectivity index (χ4v) is 8.85. The number of hydrogen-bond acceptors (Lipinski definition) is 3. The Morgan fingerprint density at radius 1 is 1.13 bits per heavy atom. The van der Waals surface area contributed by atoms with Crippen LogP contribution in [0, 0.1) is 58.2 Å². The third-order valence-electron chi connectivity index (χ3n) is 10.3. The maximum Gasteiger partial charge on any atom is 0.138 e. The number of aryl methyl sites for hydroxylation is 1. The Kier molecular flexibility index (Phi) is 6.17. The fraction of sp³-hybridized carbons (Fsp3) is 0.852. The van der Waals surface area contributed by atoms with E-state index in [4.69, 9.17) is 4.74 Å². The molecule has 0 aliphatic heterocycles. The fourth-order valence-electron chi connectivity index (χ4n) is 8.85. The second-order valence-corrected chi connectivity index (χ2v) is 11.4. The molecule has 170 valence electrons. The Hall–Kier alpha value is -1.34. The van der Waals surface area contributed by atoms with Crippen LogP contribution >= 0.6 is 0 Å². The van der Waals surface area contributed by atoms with E-state index in [-0.39, 0.29) is 0 Å². The molecule has 1 aromatic rings. The van der Waals surface area contributed by atoms with Gasteiger partial charge in [-0.1, -0.05) is 6.92 Å². The van der Waals surface area contributed by atoms with Crippen molar-refractivity contribution in [2.75, 3.05) is 13.2 Å². The molecule has 0 aromatic carbocycles. The topological polar surface area (TPSA) is 50.8 Å². The minimum atomic E-state index is 0.514. The van der Waals surface area contributed by atoms with Crippen LogP contribution in [0.25, 0.3) is 0 Å². The minimum absolute atomic E-state index is 0.514. The van der Waals surface area contributed by atoms with E-state index in [1.165, 1.54) is 64.2 Å². The maximum absolute atomic E-state index is 9.30. The molecule has 4 nitrogen and oxygen atoms in total. The summed E-state index contributed by atoms with van der Waals surface area (Å²) >= 11 is 0. The van der Waals surface area contributed by atoms with E-state index in [0.29, 0.717) is 11.1 Å². The molecule has 0 bridgehead atoms. The number of hydrogen-bond donors (Lipinski definition) is 0. The quantitative estimate of drug-likeness (QED) is 0.558. The molecule has 1 heterocycles. The highest BCUT2D eigenvalue weighted by Crippen LogP contribution is 2.65. The van der Waals surface area contributed by atoms with Crippen LogP contribution < -0.4 is 0 Å². The molecule has 0 saturated heterocycles. The number of nitrogens with zero attached hydrogens (tertiary/aromatic N) is 3. The van der Waals surface area contributed by atoms with Gasteiger partial charge in [-0.05, 0) is 124 Å². The van der Waals surface area contributed by atoms with Crippen LogP contribution in [-0.2, 0) is 11.3 Å². The molecule has 31 heavy (non-hydrogen) atoms. The molecular weight excluding hydrogens is 382 g/mol. The minimum Gasteiger partial charge on any atom is -0.381 e. The molecule has 0 radical (unpaired) electrons. The SMILES string of the molecule is CCOC[C@H]1CC[C@@H]2C3CC[C@@]4(C)C(CC[C@@H]4CCn4nccc4C#N)[C@@H]3CC[C@@H]2C1. The van der Waals surface area contributed by atoms with Crippen LogP contribution in [0.1, 0.15) is 83.7 Å². The van der Waals surface area contributed by atoms with Gasteiger partial charge in [-0.25, -0.2) is 0 Å². The van der Waals surface area contributed by atoms with Crippen molar-refractivity contribution in [2.45, 2.75) is 84.6 Å². The zero-order valence-corrected chi connectivity index (χ0v) is 19.6. The van der Waals surface area contributed by atoms with Crippen LogP contribution in [0.15, 0.2) is 12.3 Å². The van der Waals surface area contributed by atoms with Crippen molar-refractivity contribution >= 4 is 0 Å². The molecule has 8 atom stereocenters. The van der Waals surface area contributed by atoms with Crippen molar-refractivity contribution in [1.82, 2.24) is 9.78 Å². The summed E-state index contributed by atoms with van der Waals surface area (Å²) in [6.07, 6.45) is 15.9. The molecule has 4 saturated carbocycles. The average Bonchev–Trinajstić information content (AvgIpc) is 3.39. The summed E-state index contributed by atoms with van der Waals surface area (Å²) in [6.45, 7) is 7.53. The van der Waals surface area contributed by atoms with Gasteiger partial charge in [0.15, 0.2) is 0 Å². The zero-order valence-electron chi connectivity index (χ0n) is 19.6. The van der Waals surface area contributed by atoms with Crippen molar-refractivity contribution in [3.63, 3.8) is 0 Å². The number of nitriles is 1. The Balaban J connectivity index is 1.23. The van der Waals surface area contributed by atoms with Crippen molar-refractivity contribution in [3.8, 4) is 6.07 Å². The van der Waals surface area contributed by atoms with Gasteiger partial charge in [0, 0.05) is 19.8 Å². The van der Waals surface area contributed by atoms with Gasteiger partial charge in [0.05, 0.1) is 6.20 Å². The first-order valence-electron chi connectivity index (χ1n) is 13.1. The first-order chi connectivity index (χ1) is 15.1. The summed E-state index contributed by atoms with van der Waals surface area (Å²) in [5.74, 6) is 6.52. The summed E-state index contributed by atoms with van der Waals surface area (Å²) in [7, 11) is 0. The molecule has 4 heteroatoms. The number of ether oxygens (including phenoxy) is 1. The Morgan fingerprint density at radius 2 is 2.00 bits per heavy atom.